The van der Waals surface area contributed by atoms with Crippen LogP contribution in [-0.4, -0.2) is 13.2 Å². The van der Waals surface area contributed by atoms with E-state index in [1.807, 2.05) is 0 Å². The molecule has 0 atom stereocenters. The van der Waals surface area contributed by atoms with Gasteiger partial charge in [-0.1, -0.05) is 6.92 Å². The zero-order chi connectivity index (χ0) is 13.5. The lowest BCUT2D eigenvalue weighted by molar-refractivity contribution is 0.314. The highest BCUT2D eigenvalue weighted by atomic mass is 16.5. The van der Waals surface area contributed by atoms with Gasteiger partial charge in [-0.3, -0.25) is 0 Å². The number of unbranched alkanes of at least 4 members (excludes halogenated alkanes) is 1. The van der Waals surface area contributed by atoms with Crippen molar-refractivity contribution in [3.05, 3.63) is 28.3 Å². The van der Waals surface area contributed by atoms with E-state index in [1.54, 1.807) is 0 Å². The first-order valence-corrected chi connectivity index (χ1v) is 7.04. The largest absolute Gasteiger partial charge is 0.493 e. The molecular weight excluding hydrogens is 222 g/mol. The number of benzene rings is 1. The van der Waals surface area contributed by atoms with Crippen LogP contribution in [0.25, 0.3) is 0 Å². The normalized spacial score (nSPS) is 10.7. The fourth-order valence-electron chi connectivity index (χ4n) is 2.29. The van der Waals surface area contributed by atoms with Gasteiger partial charge in [-0.15, -0.1) is 0 Å². The molecule has 0 aliphatic heterocycles. The van der Waals surface area contributed by atoms with E-state index in [4.69, 9.17) is 10.5 Å². The highest BCUT2D eigenvalue weighted by Crippen LogP contribution is 2.28. The van der Waals surface area contributed by atoms with Crippen LogP contribution in [0.15, 0.2) is 6.07 Å². The summed E-state index contributed by atoms with van der Waals surface area (Å²) < 4.78 is 5.81. The molecule has 0 saturated carbocycles. The quantitative estimate of drug-likeness (QED) is 0.748. The highest BCUT2D eigenvalue weighted by molar-refractivity contribution is 5.48. The Hall–Kier alpha value is -1.02. The topological polar surface area (TPSA) is 35.2 Å². The fraction of sp³-hybridized carbons (Fsp3) is 0.625. The zero-order valence-corrected chi connectivity index (χ0v) is 12.3. The molecule has 1 aromatic carbocycles. The number of rotatable bonds is 7. The first-order chi connectivity index (χ1) is 8.61. The van der Waals surface area contributed by atoms with Gasteiger partial charge >= 0.3 is 0 Å². The molecule has 102 valence electrons. The van der Waals surface area contributed by atoms with Crippen LogP contribution in [0.3, 0.4) is 0 Å². The van der Waals surface area contributed by atoms with Crippen molar-refractivity contribution in [2.75, 3.05) is 13.2 Å². The Morgan fingerprint density at radius 3 is 2.44 bits per heavy atom. The van der Waals surface area contributed by atoms with E-state index in [-0.39, 0.29) is 0 Å². The van der Waals surface area contributed by atoms with Crippen LogP contribution >= 0.6 is 0 Å². The molecule has 0 saturated heterocycles. The van der Waals surface area contributed by atoms with Gasteiger partial charge in [-0.25, -0.2) is 0 Å². The first kappa shape index (κ1) is 15.0. The molecule has 0 aromatic heterocycles. The van der Waals surface area contributed by atoms with E-state index < -0.39 is 0 Å². The smallest absolute Gasteiger partial charge is 0.122 e. The summed E-state index contributed by atoms with van der Waals surface area (Å²) in [5.41, 5.74) is 11.1. The Labute approximate surface area is 112 Å². The molecule has 0 spiro atoms. The maximum Gasteiger partial charge on any atom is 0.122 e. The summed E-state index contributed by atoms with van der Waals surface area (Å²) >= 11 is 0. The van der Waals surface area contributed by atoms with Gasteiger partial charge in [0.15, 0.2) is 0 Å². The van der Waals surface area contributed by atoms with Gasteiger partial charge in [0.1, 0.15) is 5.75 Å². The van der Waals surface area contributed by atoms with Crippen molar-refractivity contribution in [2.45, 2.75) is 53.4 Å². The monoisotopic (exact) mass is 249 g/mol. The van der Waals surface area contributed by atoms with Gasteiger partial charge in [0.2, 0.25) is 0 Å². The number of hydrogen-bond donors (Lipinski definition) is 1. The second-order valence-corrected chi connectivity index (χ2v) is 5.01. The lowest BCUT2D eigenvalue weighted by Crippen LogP contribution is -2.04. The van der Waals surface area contributed by atoms with Crippen molar-refractivity contribution in [3.63, 3.8) is 0 Å². The van der Waals surface area contributed by atoms with Crippen LogP contribution in [-0.2, 0) is 6.42 Å². The van der Waals surface area contributed by atoms with Crippen molar-refractivity contribution >= 4 is 0 Å². The molecule has 0 heterocycles. The summed E-state index contributed by atoms with van der Waals surface area (Å²) in [5.74, 6) is 1.05. The predicted molar refractivity (Wildman–Crippen MR) is 78.4 cm³/mol. The maximum absolute atomic E-state index is 5.81. The SMILES string of the molecule is CCCOc1cc(C)c(CCCCN)c(C)c1C. The average Bonchev–Trinajstić information content (AvgIpc) is 2.36. The second-order valence-electron chi connectivity index (χ2n) is 5.01. The number of nitrogens with two attached hydrogens (primary N) is 1. The fourth-order valence-corrected chi connectivity index (χ4v) is 2.29. The van der Waals surface area contributed by atoms with Crippen LogP contribution in [0.1, 0.15) is 48.4 Å². The Kier molecular flexibility index (Phi) is 6.20. The maximum atomic E-state index is 5.81. The second kappa shape index (κ2) is 7.42. The number of ether oxygens (including phenoxy) is 1. The Balaban J connectivity index is 2.90. The van der Waals surface area contributed by atoms with E-state index in [2.05, 4.69) is 33.8 Å². The summed E-state index contributed by atoms with van der Waals surface area (Å²) in [6, 6.07) is 2.19. The van der Waals surface area contributed by atoms with Crippen LogP contribution in [0.5, 0.6) is 5.75 Å². The number of aryl methyl sites for hydroxylation is 1. The standard InChI is InChI=1S/C16H27NO/c1-5-10-18-16-11-12(2)15(8-6-7-9-17)13(3)14(16)4/h11H,5-10,17H2,1-4H3. The van der Waals surface area contributed by atoms with E-state index in [1.165, 1.54) is 28.7 Å². The van der Waals surface area contributed by atoms with Gasteiger partial charge in [0.05, 0.1) is 6.61 Å². The van der Waals surface area contributed by atoms with Gasteiger partial charge in [0, 0.05) is 0 Å². The summed E-state index contributed by atoms with van der Waals surface area (Å²) in [5, 5.41) is 0. The van der Waals surface area contributed by atoms with E-state index in [9.17, 15) is 0 Å². The lowest BCUT2D eigenvalue weighted by Gasteiger charge is -2.17. The van der Waals surface area contributed by atoms with Gasteiger partial charge in [-0.2, -0.15) is 0 Å². The summed E-state index contributed by atoms with van der Waals surface area (Å²) in [7, 11) is 0. The van der Waals surface area contributed by atoms with Crippen molar-refractivity contribution in [1.29, 1.82) is 0 Å². The molecule has 1 aromatic rings. The van der Waals surface area contributed by atoms with E-state index in [0.29, 0.717) is 0 Å². The number of hydrogen-bond acceptors (Lipinski definition) is 2. The molecule has 0 amide bonds. The third-order valence-electron chi connectivity index (χ3n) is 3.55. The Bertz CT molecular complexity index is 385. The summed E-state index contributed by atoms with van der Waals surface area (Å²) in [6.07, 6.45) is 4.46. The Morgan fingerprint density at radius 2 is 1.83 bits per heavy atom. The lowest BCUT2D eigenvalue weighted by atomic mass is 9.93. The van der Waals surface area contributed by atoms with Crippen molar-refractivity contribution in [3.8, 4) is 5.75 Å². The highest BCUT2D eigenvalue weighted by Gasteiger charge is 2.10. The molecule has 1 rings (SSSR count). The van der Waals surface area contributed by atoms with Crippen molar-refractivity contribution in [1.82, 2.24) is 0 Å². The van der Waals surface area contributed by atoms with E-state index >= 15 is 0 Å². The van der Waals surface area contributed by atoms with Crippen molar-refractivity contribution in [2.24, 2.45) is 5.73 Å². The van der Waals surface area contributed by atoms with Crippen LogP contribution in [0, 0.1) is 20.8 Å². The van der Waals surface area contributed by atoms with E-state index in [0.717, 1.165) is 38.2 Å². The Morgan fingerprint density at radius 1 is 1.11 bits per heavy atom. The van der Waals surface area contributed by atoms with Gasteiger partial charge < -0.3 is 10.5 Å². The molecule has 0 radical (unpaired) electrons. The van der Waals surface area contributed by atoms with Gasteiger partial charge in [0.25, 0.3) is 0 Å². The molecule has 2 N–H and O–H groups in total. The third-order valence-corrected chi connectivity index (χ3v) is 3.55. The molecule has 2 nitrogen and oxygen atoms in total. The van der Waals surface area contributed by atoms with Gasteiger partial charge in [-0.05, 0) is 81.3 Å². The molecule has 0 aliphatic rings. The zero-order valence-electron chi connectivity index (χ0n) is 12.3. The van der Waals surface area contributed by atoms with Crippen LogP contribution in [0.4, 0.5) is 0 Å². The predicted octanol–water partition coefficient (Wildman–Crippen LogP) is 3.68. The minimum atomic E-state index is 0.786. The molecule has 18 heavy (non-hydrogen) atoms. The molecule has 0 bridgehead atoms. The molecule has 0 fully saturated rings. The summed E-state index contributed by atoms with van der Waals surface area (Å²) in [6.45, 7) is 10.3. The molecular formula is C16H27NO. The minimum Gasteiger partial charge on any atom is -0.493 e. The summed E-state index contributed by atoms with van der Waals surface area (Å²) in [4.78, 5) is 0. The van der Waals surface area contributed by atoms with Crippen LogP contribution in [0.2, 0.25) is 0 Å². The molecule has 0 aliphatic carbocycles. The van der Waals surface area contributed by atoms with Crippen molar-refractivity contribution < 1.29 is 4.74 Å². The minimum absolute atomic E-state index is 0.786. The molecule has 2 heteroatoms. The first-order valence-electron chi connectivity index (χ1n) is 7.04. The average molecular weight is 249 g/mol. The molecule has 0 unspecified atom stereocenters. The third kappa shape index (κ3) is 3.74. The van der Waals surface area contributed by atoms with Crippen LogP contribution < -0.4 is 10.5 Å².